The van der Waals surface area contributed by atoms with Gasteiger partial charge in [0.15, 0.2) is 0 Å². The average Bonchev–Trinajstić information content (AvgIpc) is 3.28. The lowest BCUT2D eigenvalue weighted by Crippen LogP contribution is -2.21. The smallest absolute Gasteiger partial charge is 0.0979 e. The molecule has 0 unspecified atom stereocenters. The second kappa shape index (κ2) is 4.64. The minimum atomic E-state index is 0.784. The van der Waals surface area contributed by atoms with Gasteiger partial charge in [0.05, 0.1) is 29.1 Å². The standard InChI is InChI=1S/C18H15N5/c1-2-15-10-22-7-8-23(12-22)11-16-4-6-18(21-16)17-5-3-14(20-17)9-13(1)19-15/h1-11,19-20H,12H2. The van der Waals surface area contributed by atoms with Crippen molar-refractivity contribution in [2.24, 2.45) is 4.99 Å². The van der Waals surface area contributed by atoms with Crippen molar-refractivity contribution >= 4 is 18.0 Å². The highest BCUT2D eigenvalue weighted by molar-refractivity contribution is 6.10. The van der Waals surface area contributed by atoms with Crippen LogP contribution in [0.2, 0.25) is 0 Å². The second-order valence-corrected chi connectivity index (χ2v) is 5.82. The molecule has 0 saturated heterocycles. The SMILES string of the molecule is C1=CC2=NC1=CN1C=CN(C=c3ccc([nH]3)=Cc3ccc2[nH]3)C1. The number of aromatic amines is 2. The van der Waals surface area contributed by atoms with E-state index >= 15 is 0 Å². The number of fused-ring (bicyclic) bond motifs is 8. The van der Waals surface area contributed by atoms with Crippen molar-refractivity contribution in [3.63, 3.8) is 0 Å². The Morgan fingerprint density at radius 2 is 1.74 bits per heavy atom. The van der Waals surface area contributed by atoms with Gasteiger partial charge < -0.3 is 19.8 Å². The molecule has 0 radical (unpaired) electrons. The third kappa shape index (κ3) is 2.23. The molecule has 5 nitrogen and oxygen atoms in total. The summed E-state index contributed by atoms with van der Waals surface area (Å²) in [5, 5.41) is 2.15. The molecule has 8 bridgehead atoms. The topological polar surface area (TPSA) is 50.4 Å². The summed E-state index contributed by atoms with van der Waals surface area (Å²) in [6, 6.07) is 8.31. The molecule has 0 saturated carbocycles. The van der Waals surface area contributed by atoms with E-state index in [1.165, 1.54) is 0 Å². The minimum absolute atomic E-state index is 0.784. The van der Waals surface area contributed by atoms with Gasteiger partial charge in [-0.3, -0.25) is 0 Å². The molecular formula is C18H15N5. The zero-order valence-electron chi connectivity index (χ0n) is 12.4. The van der Waals surface area contributed by atoms with Gasteiger partial charge in [0, 0.05) is 35.8 Å². The average molecular weight is 301 g/mol. The summed E-state index contributed by atoms with van der Waals surface area (Å²) in [5.41, 5.74) is 4.01. The Balaban J connectivity index is 1.69. The van der Waals surface area contributed by atoms with Crippen molar-refractivity contribution in [3.05, 3.63) is 82.8 Å². The fourth-order valence-corrected chi connectivity index (χ4v) is 2.97. The van der Waals surface area contributed by atoms with Gasteiger partial charge in [-0.05, 0) is 42.5 Å². The number of allylic oxidation sites excluding steroid dienone is 2. The van der Waals surface area contributed by atoms with Crippen LogP contribution in [0.1, 0.15) is 11.4 Å². The first-order valence-corrected chi connectivity index (χ1v) is 7.58. The molecule has 0 fully saturated rings. The first-order chi connectivity index (χ1) is 11.3. The largest absolute Gasteiger partial charge is 0.354 e. The third-order valence-electron chi connectivity index (χ3n) is 4.07. The van der Waals surface area contributed by atoms with E-state index in [2.05, 4.69) is 79.9 Å². The molecule has 0 aliphatic carbocycles. The lowest BCUT2D eigenvalue weighted by Gasteiger charge is -2.14. The number of rotatable bonds is 0. The fourth-order valence-electron chi connectivity index (χ4n) is 2.97. The molecule has 0 spiro atoms. The van der Waals surface area contributed by atoms with Crippen molar-refractivity contribution < 1.29 is 0 Å². The van der Waals surface area contributed by atoms with Crippen LogP contribution in [0.3, 0.4) is 0 Å². The number of H-pyrrole nitrogens is 2. The highest BCUT2D eigenvalue weighted by Crippen LogP contribution is 2.17. The molecule has 2 N–H and O–H groups in total. The number of aromatic nitrogens is 2. The Hall–Kier alpha value is -3.21. The Morgan fingerprint density at radius 1 is 0.870 bits per heavy atom. The Bertz CT molecular complexity index is 1010. The molecule has 0 aromatic carbocycles. The van der Waals surface area contributed by atoms with E-state index in [9.17, 15) is 0 Å². The van der Waals surface area contributed by atoms with Crippen molar-refractivity contribution in [1.82, 2.24) is 19.8 Å². The number of hydrogen-bond acceptors (Lipinski definition) is 3. The van der Waals surface area contributed by atoms with Crippen LogP contribution in [0.4, 0.5) is 0 Å². The number of aliphatic imine (C=N–C) groups is 1. The van der Waals surface area contributed by atoms with Crippen LogP contribution in [0.15, 0.2) is 65.7 Å². The lowest BCUT2D eigenvalue weighted by atomic mass is 10.3. The van der Waals surface area contributed by atoms with E-state index in [0.717, 1.165) is 40.2 Å². The van der Waals surface area contributed by atoms with Gasteiger partial charge >= 0.3 is 0 Å². The Kier molecular flexibility index (Phi) is 2.49. The molecule has 5 heteroatoms. The summed E-state index contributed by atoms with van der Waals surface area (Å²) in [4.78, 5) is 15.8. The maximum Gasteiger partial charge on any atom is 0.0979 e. The number of nitrogens with one attached hydrogen (secondary N) is 2. The predicted octanol–water partition coefficient (Wildman–Crippen LogP) is 1.17. The molecule has 0 amide bonds. The quantitative estimate of drug-likeness (QED) is 0.767. The van der Waals surface area contributed by atoms with Crippen LogP contribution in [-0.4, -0.2) is 32.1 Å². The summed E-state index contributed by atoms with van der Waals surface area (Å²) in [6.45, 7) is 0.784. The van der Waals surface area contributed by atoms with Gasteiger partial charge in [0.2, 0.25) is 0 Å². The molecule has 3 aliphatic rings. The Labute approximate surface area is 133 Å². The summed E-state index contributed by atoms with van der Waals surface area (Å²) < 4.78 is 0. The summed E-state index contributed by atoms with van der Waals surface area (Å²) in [5.74, 6) is 0. The first-order valence-electron chi connectivity index (χ1n) is 7.58. The van der Waals surface area contributed by atoms with Gasteiger partial charge in [0.25, 0.3) is 0 Å². The lowest BCUT2D eigenvalue weighted by molar-refractivity contribution is 0.411. The van der Waals surface area contributed by atoms with E-state index in [1.54, 1.807) is 0 Å². The van der Waals surface area contributed by atoms with Crippen LogP contribution in [-0.2, 0) is 0 Å². The van der Waals surface area contributed by atoms with Crippen LogP contribution in [0, 0.1) is 0 Å². The van der Waals surface area contributed by atoms with Gasteiger partial charge in [-0.15, -0.1) is 0 Å². The molecule has 3 aliphatic heterocycles. The maximum atomic E-state index is 4.69. The van der Waals surface area contributed by atoms with Gasteiger partial charge in [-0.25, -0.2) is 4.99 Å². The highest BCUT2D eigenvalue weighted by atomic mass is 15.3. The first kappa shape index (κ1) is 12.3. The maximum absolute atomic E-state index is 4.69. The molecule has 112 valence electrons. The van der Waals surface area contributed by atoms with E-state index < -0.39 is 0 Å². The third-order valence-corrected chi connectivity index (χ3v) is 4.07. The minimum Gasteiger partial charge on any atom is -0.354 e. The van der Waals surface area contributed by atoms with E-state index in [1.807, 2.05) is 12.2 Å². The van der Waals surface area contributed by atoms with Crippen molar-refractivity contribution in [2.75, 3.05) is 6.67 Å². The zero-order valence-corrected chi connectivity index (χ0v) is 12.4. The predicted molar refractivity (Wildman–Crippen MR) is 90.3 cm³/mol. The van der Waals surface area contributed by atoms with E-state index in [4.69, 9.17) is 0 Å². The number of hydrogen-bond donors (Lipinski definition) is 2. The van der Waals surface area contributed by atoms with Crippen molar-refractivity contribution in [3.8, 4) is 0 Å². The summed E-state index contributed by atoms with van der Waals surface area (Å²) >= 11 is 0. The van der Waals surface area contributed by atoms with Crippen LogP contribution in [0.5, 0.6) is 0 Å². The van der Waals surface area contributed by atoms with E-state index in [-0.39, 0.29) is 0 Å². The van der Waals surface area contributed by atoms with Gasteiger partial charge in [0.1, 0.15) is 0 Å². The molecule has 0 atom stereocenters. The molecule has 5 heterocycles. The molecular weight excluding hydrogens is 286 g/mol. The van der Waals surface area contributed by atoms with Gasteiger partial charge in [-0.1, -0.05) is 0 Å². The van der Waals surface area contributed by atoms with E-state index in [0.29, 0.717) is 0 Å². The van der Waals surface area contributed by atoms with Crippen LogP contribution < -0.4 is 10.7 Å². The van der Waals surface area contributed by atoms with Crippen molar-refractivity contribution in [2.45, 2.75) is 0 Å². The monoisotopic (exact) mass is 301 g/mol. The fraction of sp³-hybridized carbons (Fsp3) is 0.0556. The highest BCUT2D eigenvalue weighted by Gasteiger charge is 2.12. The molecule has 23 heavy (non-hydrogen) atoms. The van der Waals surface area contributed by atoms with Crippen LogP contribution in [0.25, 0.3) is 12.3 Å². The van der Waals surface area contributed by atoms with Crippen LogP contribution >= 0.6 is 0 Å². The molecule has 5 rings (SSSR count). The Morgan fingerprint density at radius 3 is 2.70 bits per heavy atom. The summed E-state index contributed by atoms with van der Waals surface area (Å²) in [7, 11) is 0. The zero-order chi connectivity index (χ0) is 15.2. The molecule has 2 aromatic rings. The second-order valence-electron chi connectivity index (χ2n) is 5.82. The summed E-state index contributed by atoms with van der Waals surface area (Å²) in [6.07, 6.45) is 14.5. The van der Waals surface area contributed by atoms with Crippen molar-refractivity contribution in [1.29, 1.82) is 0 Å². The number of nitrogens with zero attached hydrogens (tertiary/aromatic N) is 3. The normalized spacial score (nSPS) is 18.1. The molecule has 2 aromatic heterocycles. The van der Waals surface area contributed by atoms with Gasteiger partial charge in [-0.2, -0.15) is 0 Å².